The summed E-state index contributed by atoms with van der Waals surface area (Å²) >= 11 is 0. The lowest BCUT2D eigenvalue weighted by Crippen LogP contribution is -3.14. The van der Waals surface area contributed by atoms with E-state index in [1.165, 1.54) is 23.1 Å². The van der Waals surface area contributed by atoms with E-state index < -0.39 is 11.8 Å². The number of pyridine rings is 1. The zero-order valence-electron chi connectivity index (χ0n) is 12.1. The van der Waals surface area contributed by atoms with Crippen molar-refractivity contribution in [2.75, 3.05) is 6.54 Å². The van der Waals surface area contributed by atoms with Gasteiger partial charge in [0.1, 0.15) is 12.4 Å². The van der Waals surface area contributed by atoms with Crippen LogP contribution in [0.3, 0.4) is 0 Å². The van der Waals surface area contributed by atoms with Gasteiger partial charge in [-0.25, -0.2) is 4.39 Å². The molecular formula is C16H17FN2O2. The number of halogens is 1. The lowest BCUT2D eigenvalue weighted by atomic mass is 9.95. The fourth-order valence-corrected chi connectivity index (χ4v) is 3.05. The van der Waals surface area contributed by atoms with Crippen molar-refractivity contribution >= 4 is 16.9 Å². The van der Waals surface area contributed by atoms with Crippen LogP contribution in [-0.2, 0) is 13.0 Å². The molecule has 21 heavy (non-hydrogen) atoms. The van der Waals surface area contributed by atoms with E-state index in [-0.39, 0.29) is 5.56 Å². The summed E-state index contributed by atoms with van der Waals surface area (Å²) in [4.78, 5) is 17.4. The van der Waals surface area contributed by atoms with Gasteiger partial charge in [0.05, 0.1) is 29.8 Å². The topological polar surface area (TPSA) is 57.5 Å². The number of aromatic carboxylic acids is 1. The van der Waals surface area contributed by atoms with Crippen molar-refractivity contribution in [2.45, 2.75) is 32.9 Å². The number of carbonyl (C=O) groups excluding carboxylic acids is 1. The van der Waals surface area contributed by atoms with Crippen molar-refractivity contribution in [3.8, 4) is 0 Å². The first-order valence-corrected chi connectivity index (χ1v) is 7.14. The summed E-state index contributed by atoms with van der Waals surface area (Å²) in [7, 11) is 0. The average Bonchev–Trinajstić information content (AvgIpc) is 2.43. The van der Waals surface area contributed by atoms with Gasteiger partial charge in [-0.05, 0) is 26.0 Å². The van der Waals surface area contributed by atoms with E-state index in [2.05, 4.69) is 18.8 Å². The molecule has 1 atom stereocenters. The first-order valence-electron chi connectivity index (χ1n) is 7.14. The van der Waals surface area contributed by atoms with Crippen molar-refractivity contribution in [3.63, 3.8) is 0 Å². The zero-order chi connectivity index (χ0) is 15.1. The number of quaternary nitrogens is 1. The third-order valence-electron chi connectivity index (χ3n) is 4.24. The molecule has 1 aromatic heterocycles. The number of carbonyl (C=O) groups is 1. The predicted octanol–water partition coefficient (Wildman–Crippen LogP) is 0.0868. The summed E-state index contributed by atoms with van der Waals surface area (Å²) in [6.07, 6.45) is 0.704. The maximum atomic E-state index is 13.4. The highest BCUT2D eigenvalue weighted by atomic mass is 19.1. The van der Waals surface area contributed by atoms with E-state index in [4.69, 9.17) is 0 Å². The molecule has 5 heteroatoms. The van der Waals surface area contributed by atoms with Crippen LogP contribution in [0.1, 0.15) is 35.5 Å². The Morgan fingerprint density at radius 1 is 1.43 bits per heavy atom. The maximum absolute atomic E-state index is 13.4. The maximum Gasteiger partial charge on any atom is 0.125 e. The minimum atomic E-state index is -1.21. The largest absolute Gasteiger partial charge is 0.545 e. The fraction of sp³-hybridized carbons (Fsp3) is 0.375. The zero-order valence-corrected chi connectivity index (χ0v) is 12.1. The first kappa shape index (κ1) is 13.9. The van der Waals surface area contributed by atoms with Crippen LogP contribution in [0.4, 0.5) is 4.39 Å². The van der Waals surface area contributed by atoms with Gasteiger partial charge in [0.15, 0.2) is 0 Å². The fourth-order valence-electron chi connectivity index (χ4n) is 3.05. The Balaban J connectivity index is 2.25. The normalized spacial score (nSPS) is 18.0. The number of aromatic nitrogens is 1. The SMILES string of the molecule is CC(C)[NH+]1CCc2nc3cc(F)ccc3c(C(=O)[O-])c2C1. The second-order valence-electron chi connectivity index (χ2n) is 5.85. The van der Waals surface area contributed by atoms with Gasteiger partial charge < -0.3 is 14.8 Å². The highest BCUT2D eigenvalue weighted by Gasteiger charge is 2.27. The number of nitrogens with one attached hydrogen (secondary N) is 1. The first-order chi connectivity index (χ1) is 9.97. The Morgan fingerprint density at radius 3 is 2.86 bits per heavy atom. The Kier molecular flexibility index (Phi) is 3.37. The highest BCUT2D eigenvalue weighted by Crippen LogP contribution is 2.25. The van der Waals surface area contributed by atoms with Crippen molar-refractivity contribution in [2.24, 2.45) is 0 Å². The van der Waals surface area contributed by atoms with Crippen LogP contribution in [0, 0.1) is 5.82 Å². The van der Waals surface area contributed by atoms with E-state index in [0.717, 1.165) is 17.8 Å². The van der Waals surface area contributed by atoms with Crippen LogP contribution < -0.4 is 10.0 Å². The van der Waals surface area contributed by atoms with Gasteiger partial charge in [0.25, 0.3) is 0 Å². The van der Waals surface area contributed by atoms with Gasteiger partial charge in [0.2, 0.25) is 0 Å². The number of nitrogens with zero attached hydrogens (tertiary/aromatic N) is 1. The number of benzene rings is 1. The number of hydrogen-bond acceptors (Lipinski definition) is 3. The van der Waals surface area contributed by atoms with Crippen LogP contribution >= 0.6 is 0 Å². The molecule has 0 saturated heterocycles. The van der Waals surface area contributed by atoms with Crippen molar-refractivity contribution in [3.05, 3.63) is 40.8 Å². The summed E-state index contributed by atoms with van der Waals surface area (Å²) in [5.74, 6) is -1.63. The third-order valence-corrected chi connectivity index (χ3v) is 4.24. The molecule has 1 aliphatic rings. The standard InChI is InChI=1S/C16H17FN2O2/c1-9(2)19-6-5-13-12(8-19)15(16(20)21)11-4-3-10(17)7-14(11)18-13/h3-4,7,9H,5-6,8H2,1-2H3,(H,20,21). The molecule has 110 valence electrons. The van der Waals surface area contributed by atoms with Crippen LogP contribution in [0.25, 0.3) is 10.9 Å². The van der Waals surface area contributed by atoms with Gasteiger partial charge in [-0.15, -0.1) is 0 Å². The van der Waals surface area contributed by atoms with Crippen LogP contribution in [0.2, 0.25) is 0 Å². The lowest BCUT2D eigenvalue weighted by Gasteiger charge is -2.30. The molecule has 1 aliphatic heterocycles. The number of rotatable bonds is 2. The number of hydrogen-bond donors (Lipinski definition) is 1. The van der Waals surface area contributed by atoms with E-state index in [0.29, 0.717) is 29.9 Å². The van der Waals surface area contributed by atoms with Crippen molar-refractivity contribution in [1.29, 1.82) is 0 Å². The minimum absolute atomic E-state index is 0.174. The van der Waals surface area contributed by atoms with Gasteiger partial charge in [0, 0.05) is 29.0 Å². The number of carboxylic acids is 1. The lowest BCUT2D eigenvalue weighted by molar-refractivity contribution is -0.937. The summed E-state index contributed by atoms with van der Waals surface area (Å²) in [6, 6.07) is 4.44. The summed E-state index contributed by atoms with van der Waals surface area (Å²) in [6.45, 7) is 5.76. The second kappa shape index (κ2) is 5.07. The van der Waals surface area contributed by atoms with Gasteiger partial charge in [-0.3, -0.25) is 4.98 Å². The molecule has 2 heterocycles. The molecule has 0 amide bonds. The molecule has 4 nitrogen and oxygen atoms in total. The molecule has 0 aliphatic carbocycles. The molecule has 3 rings (SSSR count). The Bertz CT molecular complexity index is 728. The molecule has 2 aromatic rings. The molecule has 1 N–H and O–H groups in total. The molecule has 0 spiro atoms. The quantitative estimate of drug-likeness (QED) is 0.852. The monoisotopic (exact) mass is 288 g/mol. The number of fused-ring (bicyclic) bond motifs is 2. The predicted molar refractivity (Wildman–Crippen MR) is 74.4 cm³/mol. The van der Waals surface area contributed by atoms with Gasteiger partial charge in [-0.2, -0.15) is 0 Å². The molecule has 0 radical (unpaired) electrons. The van der Waals surface area contributed by atoms with E-state index in [1.807, 2.05) is 0 Å². The smallest absolute Gasteiger partial charge is 0.125 e. The second-order valence-corrected chi connectivity index (χ2v) is 5.85. The van der Waals surface area contributed by atoms with Crippen LogP contribution in [-0.4, -0.2) is 23.5 Å². The van der Waals surface area contributed by atoms with E-state index in [9.17, 15) is 14.3 Å². The molecule has 1 unspecified atom stereocenters. The molecular weight excluding hydrogens is 271 g/mol. The van der Waals surface area contributed by atoms with E-state index in [1.54, 1.807) is 0 Å². The van der Waals surface area contributed by atoms with Crippen molar-refractivity contribution in [1.82, 2.24) is 4.98 Å². The summed E-state index contributed by atoms with van der Waals surface area (Å²) in [5, 5.41) is 12.1. The molecule has 0 fully saturated rings. The Hall–Kier alpha value is -2.01. The van der Waals surface area contributed by atoms with Crippen molar-refractivity contribution < 1.29 is 19.2 Å². The van der Waals surface area contributed by atoms with Gasteiger partial charge >= 0.3 is 0 Å². The molecule has 0 saturated carbocycles. The molecule has 0 bridgehead atoms. The number of carboxylic acid groups (broad SMARTS) is 1. The average molecular weight is 288 g/mol. The summed E-state index contributed by atoms with van der Waals surface area (Å²) in [5.41, 5.74) is 2.06. The molecule has 1 aromatic carbocycles. The Morgan fingerprint density at radius 2 is 2.19 bits per heavy atom. The van der Waals surface area contributed by atoms with Gasteiger partial charge in [-0.1, -0.05) is 0 Å². The Labute approximate surface area is 122 Å². The third kappa shape index (κ3) is 2.38. The van der Waals surface area contributed by atoms with E-state index >= 15 is 0 Å². The van der Waals surface area contributed by atoms with Crippen LogP contribution in [0.15, 0.2) is 18.2 Å². The highest BCUT2D eigenvalue weighted by molar-refractivity contribution is 6.03. The summed E-state index contributed by atoms with van der Waals surface area (Å²) < 4.78 is 13.4. The minimum Gasteiger partial charge on any atom is -0.545 e. The van der Waals surface area contributed by atoms with Crippen LogP contribution in [0.5, 0.6) is 0 Å².